The Morgan fingerprint density at radius 3 is 2.59 bits per heavy atom. The van der Waals surface area contributed by atoms with Gasteiger partial charge in [-0.05, 0) is 54.7 Å². The summed E-state index contributed by atoms with van der Waals surface area (Å²) in [5.74, 6) is -0.00298. The van der Waals surface area contributed by atoms with Crippen molar-refractivity contribution >= 4 is 15.9 Å². The van der Waals surface area contributed by atoms with Crippen LogP contribution >= 0.6 is 0 Å². The molecule has 0 radical (unpaired) electrons. The predicted molar refractivity (Wildman–Crippen MR) is 120 cm³/mol. The number of hydrogen-bond donors (Lipinski definition) is 1. The highest BCUT2D eigenvalue weighted by molar-refractivity contribution is 7.90. The topological polar surface area (TPSA) is 93.1 Å². The fraction of sp³-hybridized carbons (Fsp3) is 0.708. The molecule has 1 aliphatic heterocycles. The molecule has 5 atom stereocenters. The first-order chi connectivity index (χ1) is 15.0. The van der Waals surface area contributed by atoms with E-state index in [0.717, 1.165) is 34.9 Å². The van der Waals surface area contributed by atoms with Gasteiger partial charge < -0.3 is 14.6 Å². The fourth-order valence-corrected chi connectivity index (χ4v) is 8.92. The number of ether oxygens (including phenoxy) is 2. The molecule has 4 rings (SSSR count). The molecule has 2 aliphatic carbocycles. The Kier molecular flexibility index (Phi) is 6.09. The number of hydrogen-bond acceptors (Lipinski definition) is 6. The van der Waals surface area contributed by atoms with Gasteiger partial charge in [-0.25, -0.2) is 12.7 Å². The van der Waals surface area contributed by atoms with Crippen LogP contribution in [0, 0.1) is 22.7 Å². The van der Waals surface area contributed by atoms with E-state index in [1.165, 1.54) is 0 Å². The van der Waals surface area contributed by atoms with Gasteiger partial charge in [0.2, 0.25) is 15.9 Å². The summed E-state index contributed by atoms with van der Waals surface area (Å²) in [6.45, 7) is 6.61. The molecule has 1 saturated heterocycles. The summed E-state index contributed by atoms with van der Waals surface area (Å²) in [6, 6.07) is 7.26. The minimum absolute atomic E-state index is 0.0493. The zero-order chi connectivity index (χ0) is 23.3. The summed E-state index contributed by atoms with van der Waals surface area (Å²) >= 11 is 0. The Balaban J connectivity index is 1.34. The van der Waals surface area contributed by atoms with Crippen LogP contribution in [0.5, 0.6) is 5.75 Å². The van der Waals surface area contributed by atoms with Crippen LogP contribution in [0.25, 0.3) is 0 Å². The van der Waals surface area contributed by atoms with E-state index in [1.54, 1.807) is 14.0 Å². The van der Waals surface area contributed by atoms with Gasteiger partial charge in [-0.1, -0.05) is 32.9 Å². The zero-order valence-electron chi connectivity index (χ0n) is 19.4. The van der Waals surface area contributed by atoms with Crippen LogP contribution < -0.4 is 4.74 Å². The summed E-state index contributed by atoms with van der Waals surface area (Å²) < 4.78 is 38.1. The Morgan fingerprint density at radius 1 is 1.28 bits per heavy atom. The lowest BCUT2D eigenvalue weighted by atomic mass is 9.69. The minimum Gasteiger partial charge on any atom is -0.497 e. The van der Waals surface area contributed by atoms with Gasteiger partial charge in [-0.2, -0.15) is 0 Å². The number of benzene rings is 1. The second-order valence-corrected chi connectivity index (χ2v) is 12.1. The molecule has 1 amide bonds. The molecule has 7 nitrogen and oxygen atoms in total. The number of amides is 1. The number of fused-ring (bicyclic) bond motifs is 1. The zero-order valence-corrected chi connectivity index (χ0v) is 20.2. The van der Waals surface area contributed by atoms with E-state index in [9.17, 15) is 18.3 Å². The number of carbonyl (C=O) groups is 1. The molecule has 2 saturated carbocycles. The monoisotopic (exact) mass is 465 g/mol. The Bertz CT molecular complexity index is 959. The van der Waals surface area contributed by atoms with Gasteiger partial charge in [0.25, 0.3) is 0 Å². The molecule has 0 aromatic heterocycles. The molecule has 0 unspecified atom stereocenters. The highest BCUT2D eigenvalue weighted by atomic mass is 32.2. The van der Waals surface area contributed by atoms with E-state index in [0.29, 0.717) is 12.5 Å². The molecule has 3 aliphatic rings. The van der Waals surface area contributed by atoms with Crippen LogP contribution in [-0.2, 0) is 26.2 Å². The maximum absolute atomic E-state index is 13.3. The second kappa shape index (κ2) is 8.29. The standard InChI is InChI=1S/C24H35NO6S/c1-16(20(26)10-12-31-14-17-5-7-19(30-4)8-6-17)22(27)25-21-13-18-9-11-24(21,23(18,2)3)15-32(25,28)29/h5-8,16,18,20-21,26H,9-15H2,1-4H3/t16-,18+,20-,21+,24+/m0/s1. The highest BCUT2D eigenvalue weighted by Crippen LogP contribution is 2.70. The normalized spacial score (nSPS) is 31.3. The maximum atomic E-state index is 13.3. The number of carbonyl (C=O) groups excluding carboxylic acids is 1. The van der Waals surface area contributed by atoms with Crippen molar-refractivity contribution in [2.24, 2.45) is 22.7 Å². The highest BCUT2D eigenvalue weighted by Gasteiger charge is 2.72. The molecule has 3 fully saturated rings. The average Bonchev–Trinajstić information content (AvgIpc) is 3.24. The van der Waals surface area contributed by atoms with Crippen molar-refractivity contribution < 1.29 is 27.8 Å². The number of methoxy groups -OCH3 is 1. The number of sulfonamides is 1. The SMILES string of the molecule is COc1ccc(COCC[C@H](O)[C@H](C)C(=O)N2[C@@H]3C[C@H]4CC[C@]3(CS2(=O)=O)C4(C)C)cc1. The number of aliphatic hydroxyl groups is 1. The maximum Gasteiger partial charge on any atom is 0.241 e. The van der Waals surface area contributed by atoms with Crippen LogP contribution in [-0.4, -0.2) is 55.4 Å². The summed E-state index contributed by atoms with van der Waals surface area (Å²) in [5.41, 5.74) is 0.548. The third-order valence-corrected chi connectivity index (χ3v) is 10.5. The molecular formula is C24H35NO6S. The lowest BCUT2D eigenvalue weighted by Crippen LogP contribution is -2.47. The molecule has 1 N–H and O–H groups in total. The molecule has 1 spiro atoms. The predicted octanol–water partition coefficient (Wildman–Crippen LogP) is 2.97. The van der Waals surface area contributed by atoms with Crippen molar-refractivity contribution in [3.8, 4) is 5.75 Å². The Labute approximate surface area is 191 Å². The Hall–Kier alpha value is -1.64. The van der Waals surface area contributed by atoms with Crippen molar-refractivity contribution in [3.05, 3.63) is 29.8 Å². The van der Waals surface area contributed by atoms with Crippen LogP contribution in [0.3, 0.4) is 0 Å². The van der Waals surface area contributed by atoms with Crippen LogP contribution in [0.1, 0.15) is 52.0 Å². The third-order valence-electron chi connectivity index (χ3n) is 8.58. The third kappa shape index (κ3) is 3.64. The molecule has 8 heteroatoms. The van der Waals surface area contributed by atoms with Crippen LogP contribution in [0.15, 0.2) is 24.3 Å². The first-order valence-corrected chi connectivity index (χ1v) is 13.1. The molecule has 178 valence electrons. The molecule has 1 aromatic rings. The molecule has 32 heavy (non-hydrogen) atoms. The van der Waals surface area contributed by atoms with E-state index in [1.807, 2.05) is 24.3 Å². The van der Waals surface area contributed by atoms with E-state index in [4.69, 9.17) is 9.47 Å². The molecule has 1 heterocycles. The molecule has 2 bridgehead atoms. The Morgan fingerprint density at radius 2 is 1.97 bits per heavy atom. The fourth-order valence-electron chi connectivity index (χ4n) is 6.31. The first-order valence-electron chi connectivity index (χ1n) is 11.5. The molecule has 1 aromatic carbocycles. The summed E-state index contributed by atoms with van der Waals surface area (Å²) in [7, 11) is -2.06. The summed E-state index contributed by atoms with van der Waals surface area (Å²) in [4.78, 5) is 13.3. The van der Waals surface area contributed by atoms with Gasteiger partial charge in [0.15, 0.2) is 0 Å². The summed E-state index contributed by atoms with van der Waals surface area (Å²) in [6.07, 6.45) is 1.93. The van der Waals surface area contributed by atoms with Crippen molar-refractivity contribution in [1.29, 1.82) is 0 Å². The largest absolute Gasteiger partial charge is 0.497 e. The number of aliphatic hydroxyl groups excluding tert-OH is 1. The smallest absolute Gasteiger partial charge is 0.241 e. The van der Waals surface area contributed by atoms with Gasteiger partial charge in [-0.15, -0.1) is 0 Å². The second-order valence-electron chi connectivity index (χ2n) is 10.3. The number of nitrogens with zero attached hydrogens (tertiary/aromatic N) is 1. The van der Waals surface area contributed by atoms with E-state index >= 15 is 0 Å². The van der Waals surface area contributed by atoms with Crippen molar-refractivity contribution in [2.45, 2.75) is 65.2 Å². The first kappa shape index (κ1) is 23.5. The van der Waals surface area contributed by atoms with Gasteiger partial charge in [0, 0.05) is 12.0 Å². The van der Waals surface area contributed by atoms with Gasteiger partial charge in [-0.3, -0.25) is 4.79 Å². The number of rotatable bonds is 8. The van der Waals surface area contributed by atoms with Crippen LogP contribution in [0.4, 0.5) is 0 Å². The molecular weight excluding hydrogens is 430 g/mol. The van der Waals surface area contributed by atoms with Gasteiger partial charge in [0.05, 0.1) is 37.5 Å². The van der Waals surface area contributed by atoms with Crippen molar-refractivity contribution in [3.63, 3.8) is 0 Å². The van der Waals surface area contributed by atoms with Crippen LogP contribution in [0.2, 0.25) is 0 Å². The van der Waals surface area contributed by atoms with Gasteiger partial charge in [0.1, 0.15) is 5.75 Å². The average molecular weight is 466 g/mol. The minimum atomic E-state index is -3.67. The van der Waals surface area contributed by atoms with E-state index < -0.39 is 28.0 Å². The summed E-state index contributed by atoms with van der Waals surface area (Å²) in [5, 5.41) is 10.6. The lowest BCUT2D eigenvalue weighted by Gasteiger charge is -2.37. The van der Waals surface area contributed by atoms with E-state index in [-0.39, 0.29) is 35.7 Å². The lowest BCUT2D eigenvalue weighted by molar-refractivity contribution is -0.136. The van der Waals surface area contributed by atoms with Crippen molar-refractivity contribution in [1.82, 2.24) is 4.31 Å². The quantitative estimate of drug-likeness (QED) is 0.594. The van der Waals surface area contributed by atoms with E-state index in [2.05, 4.69) is 13.8 Å². The van der Waals surface area contributed by atoms with Crippen molar-refractivity contribution in [2.75, 3.05) is 19.5 Å². The van der Waals surface area contributed by atoms with Gasteiger partial charge >= 0.3 is 0 Å².